The van der Waals surface area contributed by atoms with Gasteiger partial charge in [-0.25, -0.2) is 0 Å². The molecule has 1 aliphatic carbocycles. The summed E-state index contributed by atoms with van der Waals surface area (Å²) in [5.74, 6) is 1.13. The first-order chi connectivity index (χ1) is 6.76. The average molecular weight is 196 g/mol. The third kappa shape index (κ3) is 3.63. The first-order valence-corrected chi connectivity index (χ1v) is 6.76. The topological polar surface area (TPSA) is 0 Å². The Morgan fingerprint density at radius 1 is 0.929 bits per heavy atom. The minimum atomic E-state index is 0.684. The van der Waals surface area contributed by atoms with Crippen LogP contribution in [0.4, 0.5) is 0 Å². The van der Waals surface area contributed by atoms with Crippen molar-refractivity contribution in [1.29, 1.82) is 0 Å². The number of hydrogen-bond donors (Lipinski definition) is 0. The van der Waals surface area contributed by atoms with E-state index in [1.165, 1.54) is 57.8 Å². The Balaban J connectivity index is 2.11. The van der Waals surface area contributed by atoms with Gasteiger partial charge in [-0.1, -0.05) is 72.1 Å². The minimum absolute atomic E-state index is 0.684. The third-order valence-electron chi connectivity index (χ3n) is 4.52. The second kappa shape index (κ2) is 5.78. The van der Waals surface area contributed by atoms with Crippen LogP contribution in [-0.4, -0.2) is 0 Å². The van der Waals surface area contributed by atoms with E-state index in [1.54, 1.807) is 0 Å². The van der Waals surface area contributed by atoms with E-state index in [9.17, 15) is 0 Å². The highest BCUT2D eigenvalue weighted by molar-refractivity contribution is 4.76. The van der Waals surface area contributed by atoms with Gasteiger partial charge >= 0.3 is 0 Å². The van der Waals surface area contributed by atoms with Crippen molar-refractivity contribution >= 4 is 0 Å². The molecule has 0 aromatic heterocycles. The first kappa shape index (κ1) is 12.1. The molecule has 0 heteroatoms. The van der Waals surface area contributed by atoms with E-state index in [-0.39, 0.29) is 0 Å². The van der Waals surface area contributed by atoms with E-state index >= 15 is 0 Å². The van der Waals surface area contributed by atoms with Crippen molar-refractivity contribution in [2.45, 2.75) is 78.6 Å². The molecule has 0 aliphatic heterocycles. The Morgan fingerprint density at radius 2 is 1.50 bits per heavy atom. The summed E-state index contributed by atoms with van der Waals surface area (Å²) >= 11 is 0. The maximum atomic E-state index is 2.37. The van der Waals surface area contributed by atoms with Crippen molar-refractivity contribution in [2.75, 3.05) is 0 Å². The summed E-state index contributed by atoms with van der Waals surface area (Å²) in [7, 11) is 0. The molecule has 0 aromatic rings. The van der Waals surface area contributed by atoms with E-state index in [2.05, 4.69) is 20.8 Å². The molecule has 0 unspecified atom stereocenters. The summed E-state index contributed by atoms with van der Waals surface area (Å²) in [6, 6.07) is 0. The van der Waals surface area contributed by atoms with Crippen molar-refractivity contribution in [2.24, 2.45) is 11.3 Å². The fraction of sp³-hybridized carbons (Fsp3) is 1.00. The maximum Gasteiger partial charge on any atom is -0.0305 e. The average Bonchev–Trinajstić information content (AvgIpc) is 3.03. The smallest absolute Gasteiger partial charge is 0.0305 e. The molecule has 0 bridgehead atoms. The van der Waals surface area contributed by atoms with Gasteiger partial charge < -0.3 is 0 Å². The van der Waals surface area contributed by atoms with E-state index in [0.29, 0.717) is 5.41 Å². The van der Waals surface area contributed by atoms with Crippen LogP contribution >= 0.6 is 0 Å². The highest BCUT2D eigenvalue weighted by Gasteiger charge is 2.24. The van der Waals surface area contributed by atoms with E-state index in [1.807, 2.05) is 0 Å². The molecular weight excluding hydrogens is 168 g/mol. The molecule has 1 aliphatic rings. The van der Waals surface area contributed by atoms with E-state index < -0.39 is 0 Å². The van der Waals surface area contributed by atoms with Gasteiger partial charge in [0.1, 0.15) is 0 Å². The molecule has 0 spiro atoms. The van der Waals surface area contributed by atoms with Crippen LogP contribution in [0.2, 0.25) is 0 Å². The van der Waals surface area contributed by atoms with E-state index in [0.717, 1.165) is 5.92 Å². The largest absolute Gasteiger partial charge is 0.0649 e. The SMILES string of the molecule is CCC(CC)(CC)CCCCC1CC1. The van der Waals surface area contributed by atoms with Crippen LogP contribution in [0.25, 0.3) is 0 Å². The molecule has 1 fully saturated rings. The second-order valence-electron chi connectivity index (χ2n) is 5.25. The molecule has 0 saturated heterocycles. The van der Waals surface area contributed by atoms with Gasteiger partial charge in [0.05, 0.1) is 0 Å². The number of rotatable bonds is 8. The standard InChI is InChI=1S/C14H28/c1-4-14(5-2,6-3)12-8-7-9-13-10-11-13/h13H,4-12H2,1-3H3. The minimum Gasteiger partial charge on any atom is -0.0649 e. The summed E-state index contributed by atoms with van der Waals surface area (Å²) in [5, 5.41) is 0. The molecule has 0 aromatic carbocycles. The molecule has 1 rings (SSSR count). The second-order valence-corrected chi connectivity index (χ2v) is 5.25. The molecule has 0 N–H and O–H groups in total. The van der Waals surface area contributed by atoms with E-state index in [4.69, 9.17) is 0 Å². The lowest BCUT2D eigenvalue weighted by Gasteiger charge is -2.30. The van der Waals surface area contributed by atoms with Crippen molar-refractivity contribution < 1.29 is 0 Å². The molecule has 0 amide bonds. The third-order valence-corrected chi connectivity index (χ3v) is 4.52. The van der Waals surface area contributed by atoms with Gasteiger partial charge in [-0.3, -0.25) is 0 Å². The molecule has 0 heterocycles. The zero-order chi connectivity index (χ0) is 10.4. The van der Waals surface area contributed by atoms with Crippen LogP contribution in [0.1, 0.15) is 78.6 Å². The summed E-state index contributed by atoms with van der Waals surface area (Å²) in [6.07, 6.45) is 13.2. The van der Waals surface area contributed by atoms with Gasteiger partial charge in [0.2, 0.25) is 0 Å². The quantitative estimate of drug-likeness (QED) is 0.470. The van der Waals surface area contributed by atoms with Crippen LogP contribution in [0.3, 0.4) is 0 Å². The molecule has 0 nitrogen and oxygen atoms in total. The van der Waals surface area contributed by atoms with Crippen LogP contribution in [-0.2, 0) is 0 Å². The molecule has 0 radical (unpaired) electrons. The Labute approximate surface area is 90.5 Å². The molecule has 84 valence electrons. The van der Waals surface area contributed by atoms with Crippen molar-refractivity contribution in [3.8, 4) is 0 Å². The highest BCUT2D eigenvalue weighted by atomic mass is 14.3. The predicted molar refractivity (Wildman–Crippen MR) is 64.5 cm³/mol. The molecule has 0 atom stereocenters. The van der Waals surface area contributed by atoms with Gasteiger partial charge in [0, 0.05) is 0 Å². The van der Waals surface area contributed by atoms with Crippen LogP contribution in [0, 0.1) is 11.3 Å². The van der Waals surface area contributed by atoms with Crippen molar-refractivity contribution in [1.82, 2.24) is 0 Å². The van der Waals surface area contributed by atoms with Gasteiger partial charge in [-0.05, 0) is 17.8 Å². The molecular formula is C14H28. The lowest BCUT2D eigenvalue weighted by atomic mass is 9.75. The Kier molecular flexibility index (Phi) is 4.98. The molecule has 1 saturated carbocycles. The fourth-order valence-electron chi connectivity index (χ4n) is 2.62. The summed E-state index contributed by atoms with van der Waals surface area (Å²) in [4.78, 5) is 0. The number of hydrogen-bond acceptors (Lipinski definition) is 0. The van der Waals surface area contributed by atoms with Crippen molar-refractivity contribution in [3.05, 3.63) is 0 Å². The zero-order valence-electron chi connectivity index (χ0n) is 10.4. The van der Waals surface area contributed by atoms with Crippen molar-refractivity contribution in [3.63, 3.8) is 0 Å². The van der Waals surface area contributed by atoms with Crippen LogP contribution in [0.5, 0.6) is 0 Å². The number of unbranched alkanes of at least 4 members (excludes halogenated alkanes) is 1. The Hall–Kier alpha value is 0. The summed E-state index contributed by atoms with van der Waals surface area (Å²) in [5.41, 5.74) is 0.684. The lowest BCUT2D eigenvalue weighted by Crippen LogP contribution is -2.17. The normalized spacial score (nSPS) is 17.4. The summed E-state index contributed by atoms with van der Waals surface area (Å²) < 4.78 is 0. The van der Waals surface area contributed by atoms with Gasteiger partial charge in [0.25, 0.3) is 0 Å². The summed E-state index contributed by atoms with van der Waals surface area (Å²) in [6.45, 7) is 7.11. The predicted octanol–water partition coefficient (Wildman–Crippen LogP) is 5.17. The van der Waals surface area contributed by atoms with Gasteiger partial charge in [-0.15, -0.1) is 0 Å². The Morgan fingerprint density at radius 3 is 1.93 bits per heavy atom. The monoisotopic (exact) mass is 196 g/mol. The zero-order valence-corrected chi connectivity index (χ0v) is 10.4. The maximum absolute atomic E-state index is 2.37. The Bertz CT molecular complexity index is 132. The molecule has 14 heavy (non-hydrogen) atoms. The van der Waals surface area contributed by atoms with Crippen LogP contribution < -0.4 is 0 Å². The first-order valence-electron chi connectivity index (χ1n) is 6.76. The fourth-order valence-corrected chi connectivity index (χ4v) is 2.62. The van der Waals surface area contributed by atoms with Crippen LogP contribution in [0.15, 0.2) is 0 Å². The van der Waals surface area contributed by atoms with Gasteiger partial charge in [0.15, 0.2) is 0 Å². The lowest BCUT2D eigenvalue weighted by molar-refractivity contribution is 0.220. The highest BCUT2D eigenvalue weighted by Crippen LogP contribution is 2.38. The van der Waals surface area contributed by atoms with Gasteiger partial charge in [-0.2, -0.15) is 0 Å².